The average molecular weight is 275 g/mol. The van der Waals surface area contributed by atoms with Gasteiger partial charge in [-0.2, -0.15) is 0 Å². The lowest BCUT2D eigenvalue weighted by Gasteiger charge is -2.13. The minimum Gasteiger partial charge on any atom is -0.494 e. The van der Waals surface area contributed by atoms with Gasteiger partial charge in [0, 0.05) is 10.9 Å². The van der Waals surface area contributed by atoms with Gasteiger partial charge in [0.1, 0.15) is 5.75 Å². The second-order valence-corrected chi connectivity index (χ2v) is 5.68. The third kappa shape index (κ3) is 4.37. The lowest BCUT2D eigenvalue weighted by Crippen LogP contribution is -2.11. The van der Waals surface area contributed by atoms with Crippen molar-refractivity contribution < 1.29 is 4.74 Å². The second kappa shape index (κ2) is 7.31. The lowest BCUT2D eigenvalue weighted by atomic mass is 10.0. The molecule has 3 heteroatoms. The first kappa shape index (κ1) is 14.1. The van der Waals surface area contributed by atoms with E-state index < -0.39 is 0 Å². The maximum atomic E-state index is 6.26. The summed E-state index contributed by atoms with van der Waals surface area (Å²) in [6.45, 7) is 2.87. The summed E-state index contributed by atoms with van der Waals surface area (Å²) in [7, 11) is 0. The van der Waals surface area contributed by atoms with Crippen molar-refractivity contribution in [2.45, 2.75) is 32.2 Å². The van der Waals surface area contributed by atoms with E-state index in [1.807, 2.05) is 12.1 Å². The number of hydrogen-bond donors (Lipinski definition) is 1. The van der Waals surface area contributed by atoms with E-state index in [9.17, 15) is 0 Å². The molecular weight excluding hydrogens is 254 g/mol. The molecule has 2 N–H and O–H groups in total. The lowest BCUT2D eigenvalue weighted by molar-refractivity contribution is 0.317. The van der Waals surface area contributed by atoms with Crippen LogP contribution in [0.25, 0.3) is 0 Å². The summed E-state index contributed by atoms with van der Waals surface area (Å²) in [4.78, 5) is 1.40. The van der Waals surface area contributed by atoms with Gasteiger partial charge in [0.15, 0.2) is 0 Å². The van der Waals surface area contributed by atoms with Crippen molar-refractivity contribution in [2.75, 3.05) is 6.61 Å². The number of aryl methyl sites for hydroxylation is 1. The first-order chi connectivity index (χ1) is 9.29. The third-order valence-corrected chi connectivity index (χ3v) is 3.98. The Bertz CT molecular complexity index is 481. The monoisotopic (exact) mass is 275 g/mol. The van der Waals surface area contributed by atoms with E-state index in [0.29, 0.717) is 0 Å². The summed E-state index contributed by atoms with van der Waals surface area (Å²) >= 11 is 1.79. The highest BCUT2D eigenvalue weighted by atomic mass is 32.1. The zero-order valence-electron chi connectivity index (χ0n) is 11.3. The number of hydrogen-bond acceptors (Lipinski definition) is 3. The van der Waals surface area contributed by atoms with Crippen molar-refractivity contribution in [3.63, 3.8) is 0 Å². The molecule has 0 aliphatic rings. The van der Waals surface area contributed by atoms with Crippen LogP contribution in [0, 0.1) is 0 Å². The fraction of sp³-hybridized carbons (Fsp3) is 0.375. The molecule has 0 saturated heterocycles. The normalized spacial score (nSPS) is 12.3. The highest BCUT2D eigenvalue weighted by Gasteiger charge is 2.07. The highest BCUT2D eigenvalue weighted by Crippen LogP contribution is 2.22. The summed E-state index contributed by atoms with van der Waals surface area (Å²) in [5.74, 6) is 0.922. The molecule has 2 rings (SSSR count). The van der Waals surface area contributed by atoms with Gasteiger partial charge in [-0.3, -0.25) is 0 Å². The van der Waals surface area contributed by atoms with Gasteiger partial charge in [-0.05, 0) is 48.4 Å². The topological polar surface area (TPSA) is 35.2 Å². The molecule has 0 bridgehead atoms. The Morgan fingerprint density at radius 2 is 2.16 bits per heavy atom. The average Bonchev–Trinajstić information content (AvgIpc) is 2.96. The van der Waals surface area contributed by atoms with Crippen LogP contribution in [0.4, 0.5) is 0 Å². The molecule has 0 spiro atoms. The van der Waals surface area contributed by atoms with Gasteiger partial charge in [0.2, 0.25) is 0 Å². The summed E-state index contributed by atoms with van der Waals surface area (Å²) in [6.07, 6.45) is 3.03. The van der Waals surface area contributed by atoms with Crippen LogP contribution in [0.1, 0.15) is 36.2 Å². The van der Waals surface area contributed by atoms with E-state index in [-0.39, 0.29) is 6.04 Å². The van der Waals surface area contributed by atoms with Gasteiger partial charge < -0.3 is 10.5 Å². The molecule has 0 aliphatic heterocycles. The van der Waals surface area contributed by atoms with Gasteiger partial charge in [-0.15, -0.1) is 11.3 Å². The van der Waals surface area contributed by atoms with Crippen LogP contribution in [0.5, 0.6) is 5.75 Å². The first-order valence-electron chi connectivity index (χ1n) is 6.80. The largest absolute Gasteiger partial charge is 0.494 e. The summed E-state index contributed by atoms with van der Waals surface area (Å²) in [5, 5.41) is 2.11. The molecule has 19 heavy (non-hydrogen) atoms. The van der Waals surface area contributed by atoms with Crippen LogP contribution in [-0.4, -0.2) is 6.61 Å². The molecule has 102 valence electrons. The van der Waals surface area contributed by atoms with Gasteiger partial charge in [-0.1, -0.05) is 25.1 Å². The zero-order chi connectivity index (χ0) is 13.5. The Kier molecular flexibility index (Phi) is 5.43. The van der Waals surface area contributed by atoms with Crippen LogP contribution < -0.4 is 10.5 Å². The van der Waals surface area contributed by atoms with E-state index >= 15 is 0 Å². The minimum atomic E-state index is 0.0762. The summed E-state index contributed by atoms with van der Waals surface area (Å²) in [5.41, 5.74) is 7.42. The first-order valence-corrected chi connectivity index (χ1v) is 7.68. The van der Waals surface area contributed by atoms with Crippen molar-refractivity contribution in [1.29, 1.82) is 0 Å². The van der Waals surface area contributed by atoms with E-state index in [1.165, 1.54) is 4.88 Å². The van der Waals surface area contributed by atoms with Crippen molar-refractivity contribution in [1.82, 2.24) is 0 Å². The predicted molar refractivity (Wildman–Crippen MR) is 81.8 cm³/mol. The van der Waals surface area contributed by atoms with Crippen molar-refractivity contribution in [2.24, 2.45) is 5.73 Å². The molecule has 1 heterocycles. The molecule has 0 fully saturated rings. The van der Waals surface area contributed by atoms with Crippen LogP contribution in [0.2, 0.25) is 0 Å². The SMILES string of the molecule is CCCOc1cccc(C(N)CCc2cccs2)c1. The number of nitrogens with two attached hydrogens (primary N) is 1. The van der Waals surface area contributed by atoms with Crippen LogP contribution in [-0.2, 0) is 6.42 Å². The molecule has 2 aromatic rings. The number of benzene rings is 1. The fourth-order valence-corrected chi connectivity index (χ4v) is 2.70. The molecule has 1 aromatic heterocycles. The van der Waals surface area contributed by atoms with Crippen molar-refractivity contribution in [3.8, 4) is 5.75 Å². The molecule has 2 nitrogen and oxygen atoms in total. The Balaban J connectivity index is 1.92. The van der Waals surface area contributed by atoms with E-state index in [0.717, 1.165) is 37.2 Å². The Morgan fingerprint density at radius 3 is 2.89 bits per heavy atom. The van der Waals surface area contributed by atoms with Gasteiger partial charge in [0.05, 0.1) is 6.61 Å². The Labute approximate surface area is 119 Å². The van der Waals surface area contributed by atoms with Crippen molar-refractivity contribution >= 4 is 11.3 Å². The molecule has 0 amide bonds. The minimum absolute atomic E-state index is 0.0762. The smallest absolute Gasteiger partial charge is 0.119 e. The molecule has 1 aromatic carbocycles. The van der Waals surface area contributed by atoms with Gasteiger partial charge in [-0.25, -0.2) is 0 Å². The second-order valence-electron chi connectivity index (χ2n) is 4.65. The van der Waals surface area contributed by atoms with Gasteiger partial charge >= 0.3 is 0 Å². The molecule has 0 aliphatic carbocycles. The maximum Gasteiger partial charge on any atom is 0.119 e. The summed E-state index contributed by atoms with van der Waals surface area (Å²) < 4.78 is 5.64. The van der Waals surface area contributed by atoms with Crippen molar-refractivity contribution in [3.05, 3.63) is 52.2 Å². The molecule has 0 saturated carbocycles. The van der Waals surface area contributed by atoms with Crippen LogP contribution >= 0.6 is 11.3 Å². The molecular formula is C16H21NOS. The quantitative estimate of drug-likeness (QED) is 0.823. The highest BCUT2D eigenvalue weighted by molar-refractivity contribution is 7.09. The Hall–Kier alpha value is -1.32. The van der Waals surface area contributed by atoms with Crippen LogP contribution in [0.3, 0.4) is 0 Å². The predicted octanol–water partition coefficient (Wildman–Crippen LogP) is 4.17. The number of rotatable bonds is 7. The maximum absolute atomic E-state index is 6.26. The van der Waals surface area contributed by atoms with E-state index in [4.69, 9.17) is 10.5 Å². The van der Waals surface area contributed by atoms with E-state index in [2.05, 4.69) is 36.6 Å². The zero-order valence-corrected chi connectivity index (χ0v) is 12.2. The summed E-state index contributed by atoms with van der Waals surface area (Å²) in [6, 6.07) is 12.5. The number of thiophene rings is 1. The van der Waals surface area contributed by atoms with Crippen LogP contribution in [0.15, 0.2) is 41.8 Å². The van der Waals surface area contributed by atoms with Gasteiger partial charge in [0.25, 0.3) is 0 Å². The molecule has 1 atom stereocenters. The third-order valence-electron chi connectivity index (χ3n) is 3.04. The fourth-order valence-electron chi connectivity index (χ4n) is 1.97. The standard InChI is InChI=1S/C16H21NOS/c1-2-10-18-14-6-3-5-13(12-14)16(17)9-8-15-7-4-11-19-15/h3-7,11-12,16H,2,8-10,17H2,1H3. The molecule has 0 radical (unpaired) electrons. The Morgan fingerprint density at radius 1 is 1.26 bits per heavy atom. The van der Waals surface area contributed by atoms with E-state index in [1.54, 1.807) is 11.3 Å². The number of ether oxygens (including phenoxy) is 1. The molecule has 1 unspecified atom stereocenters.